The van der Waals surface area contributed by atoms with Crippen LogP contribution in [0, 0.1) is 11.6 Å². The van der Waals surface area contributed by atoms with Crippen molar-refractivity contribution in [1.82, 2.24) is 0 Å². The van der Waals surface area contributed by atoms with Crippen molar-refractivity contribution in [3.8, 4) is 0 Å². The van der Waals surface area contributed by atoms with Crippen molar-refractivity contribution < 1.29 is 8.78 Å². The summed E-state index contributed by atoms with van der Waals surface area (Å²) in [5, 5.41) is 0. The molecule has 0 aromatic heterocycles. The van der Waals surface area contributed by atoms with Gasteiger partial charge in [-0.2, -0.15) is 0 Å². The van der Waals surface area contributed by atoms with Gasteiger partial charge in [0.25, 0.3) is 0 Å². The standard InChI is InChI=1S/C16H22BrF2Si/c1-2-3-4-7-20-8-5-12(6-9-20)13-10-14(18)16(17)15(19)11-13/h10-12H,2-9H2,1H3. The van der Waals surface area contributed by atoms with E-state index >= 15 is 0 Å². The van der Waals surface area contributed by atoms with E-state index in [1.807, 2.05) is 0 Å². The van der Waals surface area contributed by atoms with Gasteiger partial charge in [0.1, 0.15) is 11.6 Å². The SMILES string of the molecule is CCCCC[Si]1CCC(c2cc(F)c(Br)c(F)c2)CC1. The minimum Gasteiger partial charge on any atom is -0.206 e. The van der Waals surface area contributed by atoms with Crippen molar-refractivity contribution in [2.75, 3.05) is 0 Å². The third kappa shape index (κ3) is 4.14. The van der Waals surface area contributed by atoms with E-state index < -0.39 is 11.6 Å². The highest BCUT2D eigenvalue weighted by Gasteiger charge is 2.24. The predicted octanol–water partition coefficient (Wildman–Crippen LogP) is 6.29. The van der Waals surface area contributed by atoms with E-state index in [9.17, 15) is 8.78 Å². The van der Waals surface area contributed by atoms with E-state index in [1.165, 1.54) is 49.5 Å². The van der Waals surface area contributed by atoms with Crippen molar-refractivity contribution >= 4 is 24.7 Å². The number of hydrogen-bond donors (Lipinski definition) is 0. The van der Waals surface area contributed by atoms with Crippen LogP contribution in [-0.4, -0.2) is 8.80 Å². The molecule has 111 valence electrons. The second-order valence-electron chi connectivity index (χ2n) is 5.78. The molecule has 1 radical (unpaired) electrons. The van der Waals surface area contributed by atoms with Gasteiger partial charge >= 0.3 is 0 Å². The predicted molar refractivity (Wildman–Crippen MR) is 85.7 cm³/mol. The molecule has 0 atom stereocenters. The molecule has 20 heavy (non-hydrogen) atoms. The molecule has 0 aliphatic carbocycles. The van der Waals surface area contributed by atoms with Crippen LogP contribution >= 0.6 is 15.9 Å². The lowest BCUT2D eigenvalue weighted by Gasteiger charge is -2.28. The van der Waals surface area contributed by atoms with Crippen molar-refractivity contribution in [2.45, 2.75) is 63.1 Å². The first-order valence-electron chi connectivity index (χ1n) is 7.59. The maximum atomic E-state index is 13.6. The fourth-order valence-electron chi connectivity index (χ4n) is 3.05. The van der Waals surface area contributed by atoms with Gasteiger partial charge in [0, 0.05) is 8.80 Å². The number of halogens is 3. The Bertz CT molecular complexity index is 419. The number of unbranched alkanes of at least 4 members (excludes halogenated alkanes) is 2. The average Bonchev–Trinajstić information content (AvgIpc) is 2.45. The molecule has 0 saturated carbocycles. The Morgan fingerprint density at radius 1 is 1.15 bits per heavy atom. The summed E-state index contributed by atoms with van der Waals surface area (Å²) in [5.41, 5.74) is 0.845. The molecule has 2 rings (SSSR count). The summed E-state index contributed by atoms with van der Waals surface area (Å²) >= 11 is 2.94. The van der Waals surface area contributed by atoms with Gasteiger partial charge in [-0.1, -0.05) is 44.3 Å². The Hall–Kier alpha value is -0.223. The lowest BCUT2D eigenvalue weighted by Crippen LogP contribution is -2.20. The second-order valence-corrected chi connectivity index (χ2v) is 9.57. The van der Waals surface area contributed by atoms with Crippen LogP contribution in [0.25, 0.3) is 0 Å². The van der Waals surface area contributed by atoms with Gasteiger partial charge < -0.3 is 0 Å². The van der Waals surface area contributed by atoms with E-state index in [2.05, 4.69) is 22.9 Å². The van der Waals surface area contributed by atoms with Gasteiger partial charge in [-0.15, -0.1) is 0 Å². The Morgan fingerprint density at radius 3 is 2.30 bits per heavy atom. The maximum absolute atomic E-state index is 13.6. The van der Waals surface area contributed by atoms with E-state index in [1.54, 1.807) is 0 Å². The zero-order chi connectivity index (χ0) is 14.5. The molecule has 1 heterocycles. The fourth-order valence-corrected chi connectivity index (χ4v) is 6.29. The molecule has 1 fully saturated rings. The molecule has 1 aromatic carbocycles. The first kappa shape index (κ1) is 16.2. The maximum Gasteiger partial charge on any atom is 0.140 e. The van der Waals surface area contributed by atoms with Crippen LogP contribution in [0.2, 0.25) is 18.1 Å². The summed E-state index contributed by atoms with van der Waals surface area (Å²) < 4.78 is 27.2. The van der Waals surface area contributed by atoms with Gasteiger partial charge in [-0.3, -0.25) is 0 Å². The van der Waals surface area contributed by atoms with Crippen molar-refractivity contribution in [2.24, 2.45) is 0 Å². The highest BCUT2D eigenvalue weighted by molar-refractivity contribution is 9.10. The normalized spacial score (nSPS) is 17.6. The zero-order valence-electron chi connectivity index (χ0n) is 12.0. The monoisotopic (exact) mass is 359 g/mol. The summed E-state index contributed by atoms with van der Waals surface area (Å²) in [6.07, 6.45) is 6.23. The molecule has 1 aromatic rings. The molecule has 1 aliphatic heterocycles. The molecule has 1 aliphatic rings. The molecular weight excluding hydrogens is 338 g/mol. The molecule has 0 N–H and O–H groups in total. The summed E-state index contributed by atoms with van der Waals surface area (Å²) in [7, 11) is -0.185. The molecule has 0 amide bonds. The van der Waals surface area contributed by atoms with E-state index in [0.29, 0.717) is 5.92 Å². The van der Waals surface area contributed by atoms with Gasteiger partial charge in [0.2, 0.25) is 0 Å². The van der Waals surface area contributed by atoms with Crippen LogP contribution in [0.15, 0.2) is 16.6 Å². The smallest absolute Gasteiger partial charge is 0.140 e. The minimum absolute atomic E-state index is 0.0404. The third-order valence-electron chi connectivity index (χ3n) is 4.30. The number of hydrogen-bond acceptors (Lipinski definition) is 0. The van der Waals surface area contributed by atoms with E-state index in [4.69, 9.17) is 0 Å². The first-order valence-corrected chi connectivity index (χ1v) is 10.5. The van der Waals surface area contributed by atoms with Gasteiger partial charge in [-0.05, 0) is 52.4 Å². The van der Waals surface area contributed by atoms with Gasteiger partial charge in [-0.25, -0.2) is 8.78 Å². The highest BCUT2D eigenvalue weighted by Crippen LogP contribution is 2.36. The molecular formula is C16H22BrF2Si. The van der Waals surface area contributed by atoms with Crippen molar-refractivity contribution in [3.05, 3.63) is 33.8 Å². The summed E-state index contributed by atoms with van der Waals surface area (Å²) in [4.78, 5) is 0. The summed E-state index contributed by atoms with van der Waals surface area (Å²) in [6.45, 7) is 2.24. The number of benzene rings is 1. The summed E-state index contributed by atoms with van der Waals surface area (Å²) in [5.74, 6) is -0.592. The van der Waals surface area contributed by atoms with Crippen LogP contribution < -0.4 is 0 Å². The molecule has 0 unspecified atom stereocenters. The third-order valence-corrected chi connectivity index (χ3v) is 8.11. The summed E-state index contributed by atoms with van der Waals surface area (Å²) in [6, 6.07) is 7.05. The molecule has 0 nitrogen and oxygen atoms in total. The molecule has 0 spiro atoms. The van der Waals surface area contributed by atoms with Gasteiger partial charge in [0.15, 0.2) is 0 Å². The van der Waals surface area contributed by atoms with Crippen molar-refractivity contribution in [1.29, 1.82) is 0 Å². The van der Waals surface area contributed by atoms with Crippen LogP contribution in [0.5, 0.6) is 0 Å². The Kier molecular flexibility index (Phi) is 6.21. The van der Waals surface area contributed by atoms with Crippen LogP contribution in [0.4, 0.5) is 8.78 Å². The average molecular weight is 360 g/mol. The van der Waals surface area contributed by atoms with E-state index in [-0.39, 0.29) is 13.3 Å². The second kappa shape index (κ2) is 7.69. The van der Waals surface area contributed by atoms with Gasteiger partial charge in [0.05, 0.1) is 4.47 Å². The van der Waals surface area contributed by atoms with E-state index in [0.717, 1.165) is 18.4 Å². The largest absolute Gasteiger partial charge is 0.206 e. The Balaban J connectivity index is 1.90. The van der Waals surface area contributed by atoms with Crippen LogP contribution in [-0.2, 0) is 0 Å². The molecule has 4 heteroatoms. The van der Waals surface area contributed by atoms with Crippen LogP contribution in [0.1, 0.15) is 50.5 Å². The number of rotatable bonds is 5. The lowest BCUT2D eigenvalue weighted by atomic mass is 9.93. The molecule has 1 saturated heterocycles. The van der Waals surface area contributed by atoms with Crippen LogP contribution in [0.3, 0.4) is 0 Å². The topological polar surface area (TPSA) is 0 Å². The molecule has 0 bridgehead atoms. The highest BCUT2D eigenvalue weighted by atomic mass is 79.9. The first-order chi connectivity index (χ1) is 9.61. The zero-order valence-corrected chi connectivity index (χ0v) is 14.6. The Morgan fingerprint density at radius 2 is 1.75 bits per heavy atom. The van der Waals surface area contributed by atoms with Crippen molar-refractivity contribution in [3.63, 3.8) is 0 Å². The lowest BCUT2D eigenvalue weighted by molar-refractivity contribution is 0.549. The quantitative estimate of drug-likeness (QED) is 0.329. The fraction of sp³-hybridized carbons (Fsp3) is 0.625. The minimum atomic E-state index is -0.473. The Labute approximate surface area is 130 Å².